The molecule has 6 nitrogen and oxygen atoms in total. The summed E-state index contributed by atoms with van der Waals surface area (Å²) in [6, 6.07) is 0. The van der Waals surface area contributed by atoms with Gasteiger partial charge in [0.25, 0.3) is 0 Å². The van der Waals surface area contributed by atoms with E-state index in [1.165, 1.54) is 0 Å². The Morgan fingerprint density at radius 3 is 1.67 bits per heavy atom. The molecule has 0 aliphatic carbocycles. The maximum atomic E-state index is 8.27. The van der Waals surface area contributed by atoms with Crippen LogP contribution in [0.2, 0.25) is 0 Å². The highest BCUT2D eigenvalue weighted by molar-refractivity contribution is 7.39. The standard InChI is InChI=1S/C2H7O6P/c3-1(4)2(5)8-9(6)7/h1-7H. The minimum absolute atomic E-state index is 1.97. The molecule has 0 aromatic carbocycles. The maximum Gasteiger partial charge on any atom is 0.329 e. The molecule has 0 aromatic rings. The molecular formula is C2H7O6P. The van der Waals surface area contributed by atoms with Crippen LogP contribution in [0, 0.1) is 0 Å². The third kappa shape index (κ3) is 4.68. The molecule has 0 rings (SSSR count). The van der Waals surface area contributed by atoms with Crippen molar-refractivity contribution in [2.75, 3.05) is 0 Å². The Morgan fingerprint density at radius 2 is 1.56 bits per heavy atom. The minimum Gasteiger partial charge on any atom is -0.364 e. The van der Waals surface area contributed by atoms with Crippen molar-refractivity contribution in [1.82, 2.24) is 0 Å². The van der Waals surface area contributed by atoms with Crippen molar-refractivity contribution >= 4 is 8.60 Å². The van der Waals surface area contributed by atoms with Gasteiger partial charge >= 0.3 is 8.60 Å². The van der Waals surface area contributed by atoms with Gasteiger partial charge in [-0.1, -0.05) is 0 Å². The third-order valence-corrected chi connectivity index (χ3v) is 0.862. The molecule has 0 saturated carbocycles. The van der Waals surface area contributed by atoms with Crippen molar-refractivity contribution in [1.29, 1.82) is 0 Å². The Bertz CT molecular complexity index is 73.5. The van der Waals surface area contributed by atoms with Gasteiger partial charge in [0, 0.05) is 0 Å². The summed E-state index contributed by atoms with van der Waals surface area (Å²) in [6.45, 7) is 0. The van der Waals surface area contributed by atoms with Crippen LogP contribution in [0.3, 0.4) is 0 Å². The molecule has 56 valence electrons. The van der Waals surface area contributed by atoms with Gasteiger partial charge in [-0.3, -0.25) is 4.52 Å². The third-order valence-electron chi connectivity index (χ3n) is 0.457. The summed E-state index contributed by atoms with van der Waals surface area (Å²) < 4.78 is 3.74. The van der Waals surface area contributed by atoms with Gasteiger partial charge in [0.1, 0.15) is 0 Å². The first kappa shape index (κ1) is 9.19. The van der Waals surface area contributed by atoms with Crippen molar-refractivity contribution in [2.45, 2.75) is 12.6 Å². The van der Waals surface area contributed by atoms with E-state index in [0.29, 0.717) is 0 Å². The number of aliphatic hydroxyl groups excluding tert-OH is 2. The lowest BCUT2D eigenvalue weighted by Gasteiger charge is -2.12. The highest BCUT2D eigenvalue weighted by Crippen LogP contribution is 2.26. The van der Waals surface area contributed by atoms with Crippen LogP contribution in [0.4, 0.5) is 0 Å². The molecular weight excluding hydrogens is 151 g/mol. The molecule has 7 heteroatoms. The van der Waals surface area contributed by atoms with E-state index in [2.05, 4.69) is 4.52 Å². The van der Waals surface area contributed by atoms with Crippen molar-refractivity contribution < 1.29 is 29.6 Å². The number of hydrogen-bond donors (Lipinski definition) is 5. The smallest absolute Gasteiger partial charge is 0.329 e. The molecule has 1 unspecified atom stereocenters. The minimum atomic E-state index is -2.74. The van der Waals surface area contributed by atoms with Crippen LogP contribution in [-0.4, -0.2) is 37.7 Å². The largest absolute Gasteiger partial charge is 0.364 e. The summed E-state index contributed by atoms with van der Waals surface area (Å²) >= 11 is 0. The summed E-state index contributed by atoms with van der Waals surface area (Å²) in [5, 5.41) is 24.3. The molecule has 5 N–H and O–H groups in total. The molecule has 0 fully saturated rings. The van der Waals surface area contributed by atoms with Gasteiger partial charge in [0.2, 0.25) is 12.6 Å². The second-order valence-electron chi connectivity index (χ2n) is 1.16. The summed E-state index contributed by atoms with van der Waals surface area (Å²) in [4.78, 5) is 16.0. The zero-order valence-corrected chi connectivity index (χ0v) is 5.14. The van der Waals surface area contributed by atoms with Gasteiger partial charge in [0.05, 0.1) is 0 Å². The lowest BCUT2D eigenvalue weighted by molar-refractivity contribution is -0.197. The van der Waals surface area contributed by atoms with E-state index in [9.17, 15) is 0 Å². The Balaban J connectivity index is 3.38. The fourth-order valence-electron chi connectivity index (χ4n) is 0.151. The fourth-order valence-corrected chi connectivity index (χ4v) is 0.453. The first-order chi connectivity index (χ1) is 4.04. The summed E-state index contributed by atoms with van der Waals surface area (Å²) in [5.74, 6) is 0. The molecule has 0 radical (unpaired) electrons. The summed E-state index contributed by atoms with van der Waals surface area (Å²) in [5.41, 5.74) is 0. The number of hydrogen-bond acceptors (Lipinski definition) is 6. The van der Waals surface area contributed by atoms with Crippen LogP contribution in [0.25, 0.3) is 0 Å². The lowest BCUT2D eigenvalue weighted by Crippen LogP contribution is -2.26. The Hall–Kier alpha value is 0.190. The molecule has 0 aliphatic rings. The van der Waals surface area contributed by atoms with Crippen molar-refractivity contribution in [3.63, 3.8) is 0 Å². The molecule has 0 spiro atoms. The first-order valence-corrected chi connectivity index (χ1v) is 3.09. The number of rotatable bonds is 3. The van der Waals surface area contributed by atoms with Crippen LogP contribution < -0.4 is 0 Å². The predicted octanol–water partition coefficient (Wildman–Crippen LogP) is -2.16. The SMILES string of the molecule is OC(O)C(O)OP(O)O. The Morgan fingerprint density at radius 1 is 1.11 bits per heavy atom. The second kappa shape index (κ2) is 4.08. The van der Waals surface area contributed by atoms with Gasteiger partial charge in [0.15, 0.2) is 0 Å². The first-order valence-electron chi connectivity index (χ1n) is 1.93. The highest BCUT2D eigenvalue weighted by atomic mass is 31.2. The van der Waals surface area contributed by atoms with Gasteiger partial charge in [-0.15, -0.1) is 0 Å². The van der Waals surface area contributed by atoms with Crippen molar-refractivity contribution in [3.8, 4) is 0 Å². The molecule has 0 heterocycles. The van der Waals surface area contributed by atoms with Gasteiger partial charge in [-0.2, -0.15) is 0 Å². The van der Waals surface area contributed by atoms with Crippen LogP contribution in [0.1, 0.15) is 0 Å². The van der Waals surface area contributed by atoms with E-state index in [1.807, 2.05) is 0 Å². The maximum absolute atomic E-state index is 8.27. The van der Waals surface area contributed by atoms with Crippen molar-refractivity contribution in [3.05, 3.63) is 0 Å². The molecule has 0 amide bonds. The highest BCUT2D eigenvalue weighted by Gasteiger charge is 2.16. The van der Waals surface area contributed by atoms with E-state index in [4.69, 9.17) is 25.1 Å². The number of aliphatic hydroxyl groups is 3. The zero-order chi connectivity index (χ0) is 7.44. The summed E-state index contributed by atoms with van der Waals surface area (Å²) in [6.07, 6.45) is -4.08. The zero-order valence-electron chi connectivity index (χ0n) is 4.25. The average molecular weight is 158 g/mol. The van der Waals surface area contributed by atoms with Crippen LogP contribution >= 0.6 is 8.60 Å². The van der Waals surface area contributed by atoms with Gasteiger partial charge in [-0.25, -0.2) is 0 Å². The van der Waals surface area contributed by atoms with Crippen LogP contribution in [0.5, 0.6) is 0 Å². The van der Waals surface area contributed by atoms with E-state index in [-0.39, 0.29) is 0 Å². The second-order valence-corrected chi connectivity index (χ2v) is 1.88. The molecule has 0 aliphatic heterocycles. The molecule has 9 heavy (non-hydrogen) atoms. The normalized spacial score (nSPS) is 15.0. The van der Waals surface area contributed by atoms with E-state index in [1.54, 1.807) is 0 Å². The van der Waals surface area contributed by atoms with E-state index in [0.717, 1.165) is 0 Å². The average Bonchev–Trinajstić information content (AvgIpc) is 1.63. The van der Waals surface area contributed by atoms with Crippen LogP contribution in [-0.2, 0) is 4.52 Å². The monoisotopic (exact) mass is 158 g/mol. The Labute approximate surface area is 51.9 Å². The topological polar surface area (TPSA) is 110 Å². The van der Waals surface area contributed by atoms with Crippen LogP contribution in [0.15, 0.2) is 0 Å². The quantitative estimate of drug-likeness (QED) is 0.236. The van der Waals surface area contributed by atoms with E-state index >= 15 is 0 Å². The lowest BCUT2D eigenvalue weighted by atomic mass is 10.6. The summed E-state index contributed by atoms with van der Waals surface area (Å²) in [7, 11) is -2.74. The van der Waals surface area contributed by atoms with Crippen molar-refractivity contribution in [2.24, 2.45) is 0 Å². The molecule has 0 bridgehead atoms. The predicted molar refractivity (Wildman–Crippen MR) is 26.7 cm³/mol. The fraction of sp³-hybridized carbons (Fsp3) is 1.00. The Kier molecular flexibility index (Phi) is 4.16. The molecule has 0 aromatic heterocycles. The van der Waals surface area contributed by atoms with Gasteiger partial charge in [-0.05, 0) is 0 Å². The van der Waals surface area contributed by atoms with Gasteiger partial charge < -0.3 is 25.1 Å². The molecule has 1 atom stereocenters. The molecule has 0 saturated heterocycles. The van der Waals surface area contributed by atoms with E-state index < -0.39 is 21.2 Å².